The first-order valence-corrected chi connectivity index (χ1v) is 8.00. The van der Waals surface area contributed by atoms with Gasteiger partial charge in [-0.05, 0) is 37.0 Å². The van der Waals surface area contributed by atoms with Gasteiger partial charge in [0.05, 0.1) is 5.52 Å². The van der Waals surface area contributed by atoms with Crippen molar-refractivity contribution in [3.05, 3.63) is 33.8 Å². The molecule has 1 saturated carbocycles. The van der Waals surface area contributed by atoms with Gasteiger partial charge in [-0.3, -0.25) is 9.36 Å². The first-order chi connectivity index (χ1) is 10.5. The molecule has 1 N–H and O–H groups in total. The molecular weight excluding hydrogens is 304 g/mol. The SMILES string of the molecule is CC1CCCCC1NC(=O)Cn1c(=O)oc2ccc(Cl)cc21. The Labute approximate surface area is 133 Å². The summed E-state index contributed by atoms with van der Waals surface area (Å²) >= 11 is 5.95. The summed E-state index contributed by atoms with van der Waals surface area (Å²) in [6.07, 6.45) is 4.49. The molecule has 0 radical (unpaired) electrons. The number of amides is 1. The summed E-state index contributed by atoms with van der Waals surface area (Å²) in [7, 11) is 0. The predicted octanol–water partition coefficient (Wildman–Crippen LogP) is 2.94. The third-order valence-electron chi connectivity index (χ3n) is 4.39. The maximum absolute atomic E-state index is 12.3. The van der Waals surface area contributed by atoms with Crippen LogP contribution < -0.4 is 11.1 Å². The number of nitrogens with one attached hydrogen (secondary N) is 1. The van der Waals surface area contributed by atoms with E-state index in [-0.39, 0.29) is 18.5 Å². The van der Waals surface area contributed by atoms with Crippen molar-refractivity contribution in [3.63, 3.8) is 0 Å². The summed E-state index contributed by atoms with van der Waals surface area (Å²) in [6, 6.07) is 5.12. The van der Waals surface area contributed by atoms with E-state index in [2.05, 4.69) is 12.2 Å². The molecule has 1 fully saturated rings. The lowest BCUT2D eigenvalue weighted by molar-refractivity contribution is -0.123. The minimum Gasteiger partial charge on any atom is -0.408 e. The van der Waals surface area contributed by atoms with Gasteiger partial charge < -0.3 is 9.73 Å². The molecule has 0 saturated heterocycles. The highest BCUT2D eigenvalue weighted by Crippen LogP contribution is 2.24. The van der Waals surface area contributed by atoms with E-state index in [9.17, 15) is 9.59 Å². The molecular formula is C16H19ClN2O3. The van der Waals surface area contributed by atoms with Crippen molar-refractivity contribution in [3.8, 4) is 0 Å². The summed E-state index contributed by atoms with van der Waals surface area (Å²) in [5.74, 6) is -0.224. The summed E-state index contributed by atoms with van der Waals surface area (Å²) < 4.78 is 6.46. The first-order valence-electron chi connectivity index (χ1n) is 7.63. The molecule has 22 heavy (non-hydrogen) atoms. The molecule has 3 rings (SSSR count). The van der Waals surface area contributed by atoms with Crippen LogP contribution in [0.3, 0.4) is 0 Å². The average Bonchev–Trinajstić information content (AvgIpc) is 2.77. The Balaban J connectivity index is 1.78. The Morgan fingerprint density at radius 1 is 1.41 bits per heavy atom. The van der Waals surface area contributed by atoms with Crippen molar-refractivity contribution in [2.75, 3.05) is 0 Å². The molecule has 0 spiro atoms. The van der Waals surface area contributed by atoms with Gasteiger partial charge >= 0.3 is 5.76 Å². The van der Waals surface area contributed by atoms with E-state index in [1.54, 1.807) is 18.2 Å². The predicted molar refractivity (Wildman–Crippen MR) is 85.0 cm³/mol. The van der Waals surface area contributed by atoms with E-state index >= 15 is 0 Å². The molecule has 5 nitrogen and oxygen atoms in total. The van der Waals surface area contributed by atoms with Gasteiger partial charge in [0, 0.05) is 11.1 Å². The Morgan fingerprint density at radius 3 is 2.95 bits per heavy atom. The van der Waals surface area contributed by atoms with Gasteiger partial charge in [0.25, 0.3) is 0 Å². The van der Waals surface area contributed by atoms with Crippen molar-refractivity contribution in [2.45, 2.75) is 45.2 Å². The molecule has 0 aliphatic heterocycles. The molecule has 1 amide bonds. The highest BCUT2D eigenvalue weighted by atomic mass is 35.5. The lowest BCUT2D eigenvalue weighted by Gasteiger charge is -2.29. The first kappa shape index (κ1) is 15.2. The van der Waals surface area contributed by atoms with E-state index in [1.165, 1.54) is 11.0 Å². The molecule has 2 aromatic rings. The van der Waals surface area contributed by atoms with Crippen LogP contribution in [-0.2, 0) is 11.3 Å². The number of carbonyl (C=O) groups is 1. The van der Waals surface area contributed by atoms with Gasteiger partial charge in [0.15, 0.2) is 5.58 Å². The van der Waals surface area contributed by atoms with Crippen LogP contribution in [0.4, 0.5) is 0 Å². The smallest absolute Gasteiger partial charge is 0.408 e. The fraction of sp³-hybridized carbons (Fsp3) is 0.500. The summed E-state index contributed by atoms with van der Waals surface area (Å²) in [4.78, 5) is 24.2. The Bertz CT molecular complexity index is 749. The molecule has 1 aliphatic rings. The van der Waals surface area contributed by atoms with Crippen LogP contribution in [0, 0.1) is 5.92 Å². The number of fused-ring (bicyclic) bond motifs is 1. The van der Waals surface area contributed by atoms with Gasteiger partial charge in [-0.25, -0.2) is 4.79 Å². The number of hydrogen-bond acceptors (Lipinski definition) is 3. The van der Waals surface area contributed by atoms with Crippen LogP contribution >= 0.6 is 11.6 Å². The Hall–Kier alpha value is -1.75. The van der Waals surface area contributed by atoms with Crippen molar-refractivity contribution in [2.24, 2.45) is 5.92 Å². The fourth-order valence-electron chi connectivity index (χ4n) is 3.11. The van der Waals surface area contributed by atoms with Crippen molar-refractivity contribution in [1.82, 2.24) is 9.88 Å². The van der Waals surface area contributed by atoms with Crippen LogP contribution in [0.2, 0.25) is 5.02 Å². The van der Waals surface area contributed by atoms with Crippen LogP contribution in [0.5, 0.6) is 0 Å². The number of hydrogen-bond donors (Lipinski definition) is 1. The van der Waals surface area contributed by atoms with Crippen LogP contribution in [-0.4, -0.2) is 16.5 Å². The number of nitrogens with zero attached hydrogens (tertiary/aromatic N) is 1. The third kappa shape index (κ3) is 3.04. The Morgan fingerprint density at radius 2 is 2.18 bits per heavy atom. The zero-order valence-corrected chi connectivity index (χ0v) is 13.2. The van der Waals surface area contributed by atoms with Gasteiger partial charge in [-0.1, -0.05) is 31.4 Å². The quantitative estimate of drug-likeness (QED) is 0.945. The van der Waals surface area contributed by atoms with Crippen molar-refractivity contribution >= 4 is 28.6 Å². The standard InChI is InChI=1S/C16H19ClN2O3/c1-10-4-2-3-5-12(10)18-15(20)9-19-13-8-11(17)6-7-14(13)22-16(19)21/h6-8,10,12H,2-5,9H2,1H3,(H,18,20). The maximum Gasteiger partial charge on any atom is 0.420 e. The molecule has 6 heteroatoms. The summed E-state index contributed by atoms with van der Waals surface area (Å²) in [5.41, 5.74) is 0.984. The lowest BCUT2D eigenvalue weighted by Crippen LogP contribution is -2.43. The van der Waals surface area contributed by atoms with E-state index < -0.39 is 5.76 Å². The second-order valence-corrected chi connectivity index (χ2v) is 6.44. The molecule has 1 heterocycles. The second-order valence-electron chi connectivity index (χ2n) is 6.00. The average molecular weight is 323 g/mol. The second kappa shape index (κ2) is 6.16. The van der Waals surface area contributed by atoms with Crippen LogP contribution in [0.15, 0.2) is 27.4 Å². The molecule has 2 atom stereocenters. The van der Waals surface area contributed by atoms with Crippen molar-refractivity contribution in [1.29, 1.82) is 0 Å². The molecule has 0 bridgehead atoms. The minimum absolute atomic E-state index is 0.0462. The highest BCUT2D eigenvalue weighted by molar-refractivity contribution is 6.31. The molecule has 118 valence electrons. The maximum atomic E-state index is 12.3. The topological polar surface area (TPSA) is 64.2 Å². The molecule has 1 aromatic heterocycles. The Kier molecular flexibility index (Phi) is 4.25. The van der Waals surface area contributed by atoms with Crippen molar-refractivity contribution < 1.29 is 9.21 Å². The van der Waals surface area contributed by atoms with E-state index in [0.29, 0.717) is 22.0 Å². The molecule has 1 aromatic carbocycles. The van der Waals surface area contributed by atoms with Gasteiger partial charge in [0.2, 0.25) is 5.91 Å². The van der Waals surface area contributed by atoms with E-state index in [4.69, 9.17) is 16.0 Å². The highest BCUT2D eigenvalue weighted by Gasteiger charge is 2.23. The molecule has 1 aliphatic carbocycles. The number of aromatic nitrogens is 1. The molecule has 2 unspecified atom stereocenters. The zero-order chi connectivity index (χ0) is 15.7. The number of halogens is 1. The number of rotatable bonds is 3. The third-order valence-corrected chi connectivity index (χ3v) is 4.62. The number of carbonyl (C=O) groups excluding carboxylic acids is 1. The summed E-state index contributed by atoms with van der Waals surface area (Å²) in [6.45, 7) is 2.11. The van der Waals surface area contributed by atoms with Gasteiger partial charge in [-0.15, -0.1) is 0 Å². The van der Waals surface area contributed by atoms with E-state index in [0.717, 1.165) is 19.3 Å². The van der Waals surface area contributed by atoms with Crippen LogP contribution in [0.1, 0.15) is 32.6 Å². The van der Waals surface area contributed by atoms with Gasteiger partial charge in [0.1, 0.15) is 6.54 Å². The minimum atomic E-state index is -0.538. The summed E-state index contributed by atoms with van der Waals surface area (Å²) in [5, 5.41) is 3.54. The van der Waals surface area contributed by atoms with Crippen LogP contribution in [0.25, 0.3) is 11.1 Å². The number of oxazole rings is 1. The zero-order valence-electron chi connectivity index (χ0n) is 12.5. The normalized spacial score (nSPS) is 21.9. The largest absolute Gasteiger partial charge is 0.420 e. The van der Waals surface area contributed by atoms with E-state index in [1.807, 2.05) is 0 Å². The fourth-order valence-corrected chi connectivity index (χ4v) is 3.28. The monoisotopic (exact) mass is 322 g/mol. The lowest BCUT2D eigenvalue weighted by atomic mass is 9.86. The number of benzene rings is 1. The van der Waals surface area contributed by atoms with Gasteiger partial charge in [-0.2, -0.15) is 0 Å².